The zero-order chi connectivity index (χ0) is 43.6. The maximum Gasteiger partial charge on any atom is 0.261 e. The van der Waals surface area contributed by atoms with Gasteiger partial charge in [0.2, 0.25) is 11.8 Å². The Kier molecular flexibility index (Phi) is 15.4. The Morgan fingerprint density at radius 1 is 0.677 bits per heavy atom. The molecule has 0 spiro atoms. The predicted molar refractivity (Wildman–Crippen MR) is 246 cm³/mol. The highest BCUT2D eigenvalue weighted by atomic mass is 16.5. The van der Waals surface area contributed by atoms with Gasteiger partial charge in [0.25, 0.3) is 11.8 Å². The third-order valence-corrected chi connectivity index (χ3v) is 13.4. The lowest BCUT2D eigenvalue weighted by molar-refractivity contribution is -0.120. The quantitative estimate of drug-likeness (QED) is 0.0759. The summed E-state index contributed by atoms with van der Waals surface area (Å²) < 4.78 is 5.83. The highest BCUT2D eigenvalue weighted by Gasteiger charge is 2.36. The van der Waals surface area contributed by atoms with Crippen molar-refractivity contribution in [3.05, 3.63) is 131 Å². The number of likely N-dealkylation sites (tertiary alicyclic amines) is 2. The van der Waals surface area contributed by atoms with Crippen molar-refractivity contribution in [2.24, 2.45) is 17.8 Å². The summed E-state index contributed by atoms with van der Waals surface area (Å²) >= 11 is 0. The molecule has 7 rings (SSSR count). The average Bonchev–Trinajstić information content (AvgIpc) is 3.53. The van der Waals surface area contributed by atoms with Crippen molar-refractivity contribution in [1.82, 2.24) is 14.7 Å². The number of benzene rings is 4. The molecule has 4 atom stereocenters. The van der Waals surface area contributed by atoms with Crippen LogP contribution in [0.4, 0.5) is 11.4 Å². The first-order valence-corrected chi connectivity index (χ1v) is 22.9. The number of amides is 4. The van der Waals surface area contributed by atoms with E-state index in [0.717, 1.165) is 95.6 Å². The Balaban J connectivity index is 0.944. The number of carbonyl (C=O) groups excluding carboxylic acids is 4. The number of nitrogens with one attached hydrogen (secondary N) is 2. The Labute approximate surface area is 368 Å². The van der Waals surface area contributed by atoms with Gasteiger partial charge in [-0.1, -0.05) is 87.5 Å². The van der Waals surface area contributed by atoms with Gasteiger partial charge in [-0.15, -0.1) is 0 Å². The third kappa shape index (κ3) is 11.3. The van der Waals surface area contributed by atoms with E-state index < -0.39 is 0 Å². The van der Waals surface area contributed by atoms with E-state index in [1.807, 2.05) is 45.0 Å². The molecule has 3 aliphatic heterocycles. The molecule has 0 aromatic heterocycles. The molecule has 4 unspecified atom stereocenters. The molecule has 0 bridgehead atoms. The minimum atomic E-state index is -0.223. The van der Waals surface area contributed by atoms with Gasteiger partial charge in [0.05, 0.1) is 17.2 Å². The van der Waals surface area contributed by atoms with Crippen LogP contribution in [0, 0.1) is 17.8 Å². The van der Waals surface area contributed by atoms with E-state index >= 15 is 0 Å². The molecule has 2 fully saturated rings. The zero-order valence-corrected chi connectivity index (χ0v) is 37.1. The number of ether oxygens (including phenoxy) is 1. The summed E-state index contributed by atoms with van der Waals surface area (Å²) in [5.41, 5.74) is 6.32. The van der Waals surface area contributed by atoms with Crippen LogP contribution in [0.15, 0.2) is 103 Å². The monoisotopic (exact) mass is 839 g/mol. The number of imide groups is 1. The van der Waals surface area contributed by atoms with Gasteiger partial charge >= 0.3 is 0 Å². The van der Waals surface area contributed by atoms with E-state index in [0.29, 0.717) is 23.6 Å². The molecule has 62 heavy (non-hydrogen) atoms. The molecular formula is C52H65N5O5. The first kappa shape index (κ1) is 44.9. The fourth-order valence-electron chi connectivity index (χ4n) is 9.74. The summed E-state index contributed by atoms with van der Waals surface area (Å²) in [7, 11) is 1.80. The van der Waals surface area contributed by atoms with E-state index in [1.54, 1.807) is 31.4 Å². The molecular weight excluding hydrogens is 775 g/mol. The summed E-state index contributed by atoms with van der Waals surface area (Å²) in [5, 5.41) is 6.36. The second-order valence-electron chi connectivity index (χ2n) is 18.0. The van der Waals surface area contributed by atoms with Crippen molar-refractivity contribution in [3.63, 3.8) is 0 Å². The van der Waals surface area contributed by atoms with Gasteiger partial charge in [-0.05, 0) is 142 Å². The van der Waals surface area contributed by atoms with E-state index in [9.17, 15) is 19.2 Å². The van der Waals surface area contributed by atoms with Gasteiger partial charge in [0.15, 0.2) is 0 Å². The van der Waals surface area contributed by atoms with Gasteiger partial charge in [0, 0.05) is 50.0 Å². The fraction of sp³-hybridized carbons (Fsp3) is 0.462. The Morgan fingerprint density at radius 2 is 1.27 bits per heavy atom. The number of piperidine rings is 2. The lowest BCUT2D eigenvalue weighted by atomic mass is 9.76. The number of methoxy groups -OCH3 is 1. The molecule has 328 valence electrons. The van der Waals surface area contributed by atoms with Crippen molar-refractivity contribution >= 4 is 35.0 Å². The Morgan fingerprint density at radius 3 is 1.94 bits per heavy atom. The number of hydrogen-bond donors (Lipinski definition) is 2. The van der Waals surface area contributed by atoms with Gasteiger partial charge in [0.1, 0.15) is 0 Å². The molecule has 4 aromatic carbocycles. The first-order valence-electron chi connectivity index (χ1n) is 22.9. The number of anilines is 2. The number of unbranched alkanes of at least 4 members (excludes halogenated alkanes) is 1. The lowest BCUT2D eigenvalue weighted by Gasteiger charge is -2.40. The van der Waals surface area contributed by atoms with Crippen LogP contribution in [0.2, 0.25) is 0 Å². The van der Waals surface area contributed by atoms with Crippen molar-refractivity contribution < 1.29 is 23.9 Å². The highest BCUT2D eigenvalue weighted by molar-refractivity contribution is 6.21. The molecule has 2 saturated heterocycles. The van der Waals surface area contributed by atoms with Gasteiger partial charge in [-0.3, -0.25) is 24.1 Å². The maximum atomic E-state index is 14.0. The van der Waals surface area contributed by atoms with Crippen LogP contribution in [-0.4, -0.2) is 91.3 Å². The first-order chi connectivity index (χ1) is 30.1. The van der Waals surface area contributed by atoms with Crippen LogP contribution < -0.4 is 10.6 Å². The second kappa shape index (κ2) is 21.3. The van der Waals surface area contributed by atoms with Crippen LogP contribution in [-0.2, 0) is 14.3 Å². The summed E-state index contributed by atoms with van der Waals surface area (Å²) in [6, 6.07) is 34.2. The number of hydrogen-bond acceptors (Lipinski definition) is 7. The van der Waals surface area contributed by atoms with Crippen LogP contribution >= 0.6 is 0 Å². The molecule has 0 radical (unpaired) electrons. The van der Waals surface area contributed by atoms with E-state index in [1.165, 1.54) is 21.6 Å². The van der Waals surface area contributed by atoms with E-state index in [2.05, 4.69) is 75.0 Å². The highest BCUT2D eigenvalue weighted by Crippen LogP contribution is 2.38. The third-order valence-electron chi connectivity index (χ3n) is 13.4. The minimum absolute atomic E-state index is 0.00952. The lowest BCUT2D eigenvalue weighted by Crippen LogP contribution is -2.41. The fourth-order valence-corrected chi connectivity index (χ4v) is 9.74. The van der Waals surface area contributed by atoms with E-state index in [-0.39, 0.29) is 53.4 Å². The van der Waals surface area contributed by atoms with Crippen LogP contribution in [0.1, 0.15) is 121 Å². The standard InChI is InChI=1S/C52H65N5O5/c1-36(2)49(58)53-44-19-13-17-41(34-44)45-24-30-56(26-10-11-27-57-51(60)46-20-8-9-21-47(46)52(57)61)35-42(45)32-37(3)50(59)54-43-18-12-16-40(33-43)38-22-28-55(29-23-38)31-25-48(62-4)39-14-6-5-7-15-39/h5-9,12-21,33-34,36-38,42,45,48H,10-11,22-32,35H2,1-4H3,(H,53,58)(H,54,59). The molecule has 2 N–H and O–H groups in total. The second-order valence-corrected chi connectivity index (χ2v) is 18.0. The van der Waals surface area contributed by atoms with Crippen molar-refractivity contribution in [3.8, 4) is 0 Å². The number of carbonyl (C=O) groups is 4. The molecule has 3 aliphatic rings. The normalized spacial score (nSPS) is 19.7. The SMILES string of the molecule is COC(CCN1CCC(c2cccc(NC(=O)C(C)CC3CN(CCCCN4C(=O)c5ccccc5C4=O)CCC3c3cccc(NC(=O)C(C)C)c3)c2)CC1)c1ccccc1. The smallest absolute Gasteiger partial charge is 0.261 e. The van der Waals surface area contributed by atoms with Gasteiger partial charge in [-0.25, -0.2) is 0 Å². The molecule has 0 saturated carbocycles. The topological polar surface area (TPSA) is 111 Å². The van der Waals surface area contributed by atoms with Gasteiger partial charge < -0.3 is 25.2 Å². The summed E-state index contributed by atoms with van der Waals surface area (Å²) in [4.78, 5) is 58.8. The number of rotatable bonds is 18. The van der Waals surface area contributed by atoms with E-state index in [4.69, 9.17) is 4.74 Å². The average molecular weight is 840 g/mol. The molecule has 10 nitrogen and oxygen atoms in total. The Hall–Kier alpha value is -5.16. The minimum Gasteiger partial charge on any atom is -0.377 e. The summed E-state index contributed by atoms with van der Waals surface area (Å²) in [5.74, 6) is 0.153. The van der Waals surface area contributed by atoms with Gasteiger partial charge in [-0.2, -0.15) is 0 Å². The van der Waals surface area contributed by atoms with Crippen LogP contribution in [0.3, 0.4) is 0 Å². The van der Waals surface area contributed by atoms with Crippen molar-refractivity contribution in [1.29, 1.82) is 0 Å². The zero-order valence-electron chi connectivity index (χ0n) is 37.1. The number of fused-ring (bicyclic) bond motifs is 1. The van der Waals surface area contributed by atoms with Crippen LogP contribution in [0.5, 0.6) is 0 Å². The Bertz CT molecular complexity index is 2110. The molecule has 3 heterocycles. The van der Waals surface area contributed by atoms with Crippen LogP contribution in [0.25, 0.3) is 0 Å². The molecule has 4 amide bonds. The number of nitrogens with zero attached hydrogens (tertiary/aromatic N) is 3. The predicted octanol–water partition coefficient (Wildman–Crippen LogP) is 9.39. The van der Waals surface area contributed by atoms with Crippen molar-refractivity contribution in [2.75, 3.05) is 63.6 Å². The molecule has 4 aromatic rings. The molecule has 0 aliphatic carbocycles. The maximum absolute atomic E-state index is 14.0. The largest absolute Gasteiger partial charge is 0.377 e. The molecule has 10 heteroatoms. The summed E-state index contributed by atoms with van der Waals surface area (Å²) in [6.45, 7) is 11.9. The summed E-state index contributed by atoms with van der Waals surface area (Å²) in [6.07, 6.45) is 6.48. The van der Waals surface area contributed by atoms with Crippen molar-refractivity contribution in [2.45, 2.75) is 83.7 Å².